The first kappa shape index (κ1) is 15.1. The monoisotopic (exact) mass is 286 g/mol. The topological polar surface area (TPSA) is 15.3 Å². The summed E-state index contributed by atoms with van der Waals surface area (Å²) in [6.07, 6.45) is 1.19. The Morgan fingerprint density at radius 1 is 1.14 bits per heavy atom. The summed E-state index contributed by atoms with van der Waals surface area (Å²) >= 11 is 0. The van der Waals surface area contributed by atoms with Crippen LogP contribution in [-0.4, -0.2) is 30.6 Å². The molecule has 0 saturated carbocycles. The van der Waals surface area contributed by atoms with E-state index in [2.05, 4.69) is 62.2 Å². The molecular formula is C19H30N2. The van der Waals surface area contributed by atoms with Gasteiger partial charge in [-0.2, -0.15) is 0 Å². The van der Waals surface area contributed by atoms with Gasteiger partial charge in [0.05, 0.1) is 0 Å². The average Bonchev–Trinajstić information content (AvgIpc) is 3.02. The second kappa shape index (κ2) is 6.10. The van der Waals surface area contributed by atoms with Gasteiger partial charge in [-0.05, 0) is 62.2 Å². The SMILES string of the molecule is CC(C)Cc1ccc(C(C)N2CC3CNCC3C2C)cc1. The Bertz CT molecular complexity index is 465. The first-order chi connectivity index (χ1) is 10.1. The highest BCUT2D eigenvalue weighted by atomic mass is 15.2. The number of rotatable bonds is 4. The van der Waals surface area contributed by atoms with Gasteiger partial charge in [-0.15, -0.1) is 0 Å². The number of likely N-dealkylation sites (tertiary alicyclic amines) is 1. The lowest BCUT2D eigenvalue weighted by Gasteiger charge is -2.31. The molecule has 2 saturated heterocycles. The molecule has 2 aliphatic rings. The molecule has 0 amide bonds. The molecule has 1 N–H and O–H groups in total. The van der Waals surface area contributed by atoms with Gasteiger partial charge in [0, 0.05) is 18.6 Å². The Kier molecular flexibility index (Phi) is 4.37. The van der Waals surface area contributed by atoms with Gasteiger partial charge in [0.25, 0.3) is 0 Å². The van der Waals surface area contributed by atoms with E-state index < -0.39 is 0 Å². The molecular weight excluding hydrogens is 256 g/mol. The molecule has 2 heterocycles. The lowest BCUT2D eigenvalue weighted by molar-refractivity contribution is 0.182. The minimum atomic E-state index is 0.540. The number of benzene rings is 1. The van der Waals surface area contributed by atoms with E-state index >= 15 is 0 Å². The zero-order valence-corrected chi connectivity index (χ0v) is 14.0. The Balaban J connectivity index is 1.69. The normalized spacial score (nSPS) is 30.8. The highest BCUT2D eigenvalue weighted by molar-refractivity contribution is 5.25. The highest BCUT2D eigenvalue weighted by Crippen LogP contribution is 2.37. The first-order valence-electron chi connectivity index (χ1n) is 8.61. The van der Waals surface area contributed by atoms with Gasteiger partial charge in [0.2, 0.25) is 0 Å². The van der Waals surface area contributed by atoms with E-state index in [0.29, 0.717) is 12.1 Å². The molecule has 2 aliphatic heterocycles. The van der Waals surface area contributed by atoms with Crippen LogP contribution in [0.1, 0.15) is 44.9 Å². The molecule has 2 heteroatoms. The summed E-state index contributed by atoms with van der Waals surface area (Å²) in [6.45, 7) is 13.1. The number of nitrogens with one attached hydrogen (secondary N) is 1. The third-order valence-corrected chi connectivity index (χ3v) is 5.58. The van der Waals surface area contributed by atoms with Crippen molar-refractivity contribution in [3.05, 3.63) is 35.4 Å². The maximum absolute atomic E-state index is 3.55. The molecule has 0 spiro atoms. The fourth-order valence-electron chi connectivity index (χ4n) is 4.31. The molecule has 1 aromatic rings. The van der Waals surface area contributed by atoms with Crippen LogP contribution in [0.3, 0.4) is 0 Å². The van der Waals surface area contributed by atoms with Crippen molar-refractivity contribution in [1.82, 2.24) is 10.2 Å². The predicted octanol–water partition coefficient (Wildman–Crippen LogP) is 3.49. The third-order valence-electron chi connectivity index (χ3n) is 5.58. The number of fused-ring (bicyclic) bond motifs is 1. The van der Waals surface area contributed by atoms with Crippen molar-refractivity contribution in [2.24, 2.45) is 17.8 Å². The zero-order valence-electron chi connectivity index (χ0n) is 14.0. The van der Waals surface area contributed by atoms with Crippen LogP contribution in [0.2, 0.25) is 0 Å². The predicted molar refractivity (Wildman–Crippen MR) is 89.4 cm³/mol. The molecule has 1 aromatic carbocycles. The van der Waals surface area contributed by atoms with Crippen molar-refractivity contribution < 1.29 is 0 Å². The standard InChI is InChI=1S/C19H30N2/c1-13(2)9-16-5-7-17(8-6-16)14(3)21-12-18-10-20-11-19(18)15(21)4/h5-8,13-15,18-20H,9-12H2,1-4H3. The quantitative estimate of drug-likeness (QED) is 0.911. The van der Waals surface area contributed by atoms with Crippen molar-refractivity contribution in [2.45, 2.75) is 46.2 Å². The maximum atomic E-state index is 3.55. The summed E-state index contributed by atoms with van der Waals surface area (Å²) < 4.78 is 0. The average molecular weight is 286 g/mol. The van der Waals surface area contributed by atoms with Crippen LogP contribution in [0.4, 0.5) is 0 Å². The Hall–Kier alpha value is -0.860. The molecule has 0 bridgehead atoms. The van der Waals surface area contributed by atoms with Gasteiger partial charge in [0.1, 0.15) is 0 Å². The van der Waals surface area contributed by atoms with Crippen LogP contribution in [0.5, 0.6) is 0 Å². The van der Waals surface area contributed by atoms with E-state index in [-0.39, 0.29) is 0 Å². The fourth-order valence-corrected chi connectivity index (χ4v) is 4.31. The maximum Gasteiger partial charge on any atom is 0.0322 e. The summed E-state index contributed by atoms with van der Waals surface area (Å²) in [5.41, 5.74) is 2.94. The molecule has 116 valence electrons. The summed E-state index contributed by atoms with van der Waals surface area (Å²) in [6, 6.07) is 10.6. The minimum absolute atomic E-state index is 0.540. The van der Waals surface area contributed by atoms with Crippen molar-refractivity contribution >= 4 is 0 Å². The van der Waals surface area contributed by atoms with Crippen LogP contribution in [-0.2, 0) is 6.42 Å². The molecule has 0 radical (unpaired) electrons. The fraction of sp³-hybridized carbons (Fsp3) is 0.684. The van der Waals surface area contributed by atoms with Crippen LogP contribution < -0.4 is 5.32 Å². The first-order valence-corrected chi connectivity index (χ1v) is 8.61. The van der Waals surface area contributed by atoms with Gasteiger partial charge < -0.3 is 5.32 Å². The zero-order chi connectivity index (χ0) is 15.0. The van der Waals surface area contributed by atoms with E-state index in [1.165, 1.54) is 37.2 Å². The molecule has 2 nitrogen and oxygen atoms in total. The van der Waals surface area contributed by atoms with Crippen LogP contribution in [0.25, 0.3) is 0 Å². The van der Waals surface area contributed by atoms with Crippen molar-refractivity contribution in [3.63, 3.8) is 0 Å². The molecule has 2 fully saturated rings. The van der Waals surface area contributed by atoms with E-state index in [0.717, 1.165) is 17.8 Å². The number of hydrogen-bond donors (Lipinski definition) is 1. The second-order valence-corrected chi connectivity index (χ2v) is 7.54. The number of hydrogen-bond acceptors (Lipinski definition) is 2. The lowest BCUT2D eigenvalue weighted by Crippen LogP contribution is -2.35. The van der Waals surface area contributed by atoms with E-state index in [1.54, 1.807) is 0 Å². The van der Waals surface area contributed by atoms with E-state index in [9.17, 15) is 0 Å². The van der Waals surface area contributed by atoms with Crippen molar-refractivity contribution in [2.75, 3.05) is 19.6 Å². The number of nitrogens with zero attached hydrogens (tertiary/aromatic N) is 1. The van der Waals surface area contributed by atoms with E-state index in [1.807, 2.05) is 0 Å². The van der Waals surface area contributed by atoms with Gasteiger partial charge in [-0.25, -0.2) is 0 Å². The Morgan fingerprint density at radius 3 is 2.48 bits per heavy atom. The van der Waals surface area contributed by atoms with E-state index in [4.69, 9.17) is 0 Å². The van der Waals surface area contributed by atoms with Crippen LogP contribution >= 0.6 is 0 Å². The van der Waals surface area contributed by atoms with Crippen molar-refractivity contribution in [3.8, 4) is 0 Å². The summed E-state index contributed by atoms with van der Waals surface area (Å²) in [5, 5.41) is 3.55. The second-order valence-electron chi connectivity index (χ2n) is 7.54. The third kappa shape index (κ3) is 3.02. The van der Waals surface area contributed by atoms with Crippen LogP contribution in [0.15, 0.2) is 24.3 Å². The highest BCUT2D eigenvalue weighted by Gasteiger charge is 2.43. The molecule has 3 rings (SSSR count). The van der Waals surface area contributed by atoms with Crippen LogP contribution in [0, 0.1) is 17.8 Å². The molecule has 0 aromatic heterocycles. The van der Waals surface area contributed by atoms with Gasteiger partial charge in [0.15, 0.2) is 0 Å². The molecule has 4 atom stereocenters. The lowest BCUT2D eigenvalue weighted by atomic mass is 9.95. The molecule has 0 aliphatic carbocycles. The minimum Gasteiger partial charge on any atom is -0.316 e. The summed E-state index contributed by atoms with van der Waals surface area (Å²) in [4.78, 5) is 2.72. The van der Waals surface area contributed by atoms with Crippen molar-refractivity contribution in [1.29, 1.82) is 0 Å². The Morgan fingerprint density at radius 2 is 1.86 bits per heavy atom. The van der Waals surface area contributed by atoms with Gasteiger partial charge in [-0.1, -0.05) is 38.1 Å². The molecule has 4 unspecified atom stereocenters. The van der Waals surface area contributed by atoms with Gasteiger partial charge >= 0.3 is 0 Å². The smallest absolute Gasteiger partial charge is 0.0322 e. The van der Waals surface area contributed by atoms with Gasteiger partial charge in [-0.3, -0.25) is 4.90 Å². The molecule has 21 heavy (non-hydrogen) atoms. The summed E-state index contributed by atoms with van der Waals surface area (Å²) in [7, 11) is 0. The Labute approximate surface area is 129 Å². The summed E-state index contributed by atoms with van der Waals surface area (Å²) in [5.74, 6) is 2.45. The largest absolute Gasteiger partial charge is 0.316 e.